The highest BCUT2D eigenvalue weighted by Crippen LogP contribution is 2.02. The number of rotatable bonds is 14. The average Bonchev–Trinajstić information content (AvgIpc) is 2.47. The van der Waals surface area contributed by atoms with Crippen LogP contribution in [0.3, 0.4) is 0 Å². The van der Waals surface area contributed by atoms with Crippen LogP contribution in [0.1, 0.15) is 65.2 Å². The van der Waals surface area contributed by atoms with Crippen LogP contribution in [0.5, 0.6) is 0 Å². The fourth-order valence-corrected chi connectivity index (χ4v) is 1.73. The quantitative estimate of drug-likeness (QED) is 0.364. The Morgan fingerprint density at radius 2 is 1.10 bits per heavy atom. The van der Waals surface area contributed by atoms with Crippen LogP contribution in [0, 0.1) is 0 Å². The van der Waals surface area contributed by atoms with Crippen LogP contribution in [-0.4, -0.2) is 38.4 Å². The summed E-state index contributed by atoms with van der Waals surface area (Å²) >= 11 is 0. The van der Waals surface area contributed by atoms with Crippen molar-refractivity contribution < 1.29 is 23.8 Å². The van der Waals surface area contributed by atoms with Crippen molar-refractivity contribution in [3.8, 4) is 0 Å². The third-order valence-electron chi connectivity index (χ3n) is 2.96. The molecular formula is C16H30O5. The van der Waals surface area contributed by atoms with E-state index in [-0.39, 0.29) is 13.2 Å². The van der Waals surface area contributed by atoms with Crippen LogP contribution < -0.4 is 0 Å². The van der Waals surface area contributed by atoms with Crippen molar-refractivity contribution in [2.45, 2.75) is 65.2 Å². The Bertz CT molecular complexity index is 265. The average molecular weight is 302 g/mol. The molecule has 0 fully saturated rings. The first-order valence-electron chi connectivity index (χ1n) is 8.09. The summed E-state index contributed by atoms with van der Waals surface area (Å²) < 4.78 is 14.9. The molecule has 0 aliphatic rings. The molecule has 0 saturated heterocycles. The second-order valence-electron chi connectivity index (χ2n) is 5.06. The number of unbranched alkanes of at least 4 members (excludes halogenated alkanes) is 6. The summed E-state index contributed by atoms with van der Waals surface area (Å²) in [5, 5.41) is 0. The van der Waals surface area contributed by atoms with Crippen LogP contribution in [0.15, 0.2) is 0 Å². The minimum absolute atomic E-state index is 0.195. The molecule has 5 heteroatoms. The van der Waals surface area contributed by atoms with E-state index in [2.05, 4.69) is 13.8 Å². The number of ether oxygens (including phenoxy) is 3. The topological polar surface area (TPSA) is 61.8 Å². The van der Waals surface area contributed by atoms with E-state index in [1.807, 2.05) is 0 Å². The molecule has 124 valence electrons. The fourth-order valence-electron chi connectivity index (χ4n) is 1.73. The number of hydrogen-bond acceptors (Lipinski definition) is 5. The molecule has 5 nitrogen and oxygen atoms in total. The Hall–Kier alpha value is -1.10. The number of hydrogen-bond donors (Lipinski definition) is 0. The summed E-state index contributed by atoms with van der Waals surface area (Å²) in [7, 11) is 0. The molecule has 0 unspecified atom stereocenters. The first kappa shape index (κ1) is 19.9. The maximum absolute atomic E-state index is 11.3. The molecule has 0 rings (SSSR count). The van der Waals surface area contributed by atoms with E-state index in [0.29, 0.717) is 13.2 Å². The third-order valence-corrected chi connectivity index (χ3v) is 2.96. The molecular weight excluding hydrogens is 272 g/mol. The molecule has 0 amide bonds. The maximum atomic E-state index is 11.3. The molecule has 21 heavy (non-hydrogen) atoms. The summed E-state index contributed by atoms with van der Waals surface area (Å²) in [6, 6.07) is 0. The van der Waals surface area contributed by atoms with Crippen molar-refractivity contribution in [3.63, 3.8) is 0 Å². The number of carbonyl (C=O) groups is 2. The molecule has 0 N–H and O–H groups in total. The van der Waals surface area contributed by atoms with Gasteiger partial charge in [-0.2, -0.15) is 0 Å². The van der Waals surface area contributed by atoms with Gasteiger partial charge in [-0.25, -0.2) is 9.59 Å². The summed E-state index contributed by atoms with van der Waals surface area (Å²) in [5.41, 5.74) is 0. The van der Waals surface area contributed by atoms with Gasteiger partial charge in [0.1, 0.15) is 13.2 Å². The summed E-state index contributed by atoms with van der Waals surface area (Å²) in [6.07, 6.45) is 8.53. The van der Waals surface area contributed by atoms with Crippen molar-refractivity contribution in [2.24, 2.45) is 0 Å². The fraction of sp³-hybridized carbons (Fsp3) is 0.875. The monoisotopic (exact) mass is 302 g/mol. The normalized spacial score (nSPS) is 10.4. The van der Waals surface area contributed by atoms with Crippen LogP contribution in [0.2, 0.25) is 0 Å². The smallest absolute Gasteiger partial charge is 0.332 e. The highest BCUT2D eigenvalue weighted by atomic mass is 16.6. The van der Waals surface area contributed by atoms with Crippen LogP contribution in [-0.2, 0) is 23.8 Å². The van der Waals surface area contributed by atoms with Crippen molar-refractivity contribution >= 4 is 11.9 Å². The van der Waals surface area contributed by atoms with Crippen molar-refractivity contribution in [1.82, 2.24) is 0 Å². The summed E-state index contributed by atoms with van der Waals surface area (Å²) in [4.78, 5) is 22.6. The Morgan fingerprint density at radius 3 is 1.62 bits per heavy atom. The SMILES string of the molecule is CCCCCCCOC(=O)COCC(=O)OCCCCC. The van der Waals surface area contributed by atoms with Crippen LogP contribution in [0.25, 0.3) is 0 Å². The van der Waals surface area contributed by atoms with E-state index >= 15 is 0 Å². The molecule has 0 aliphatic carbocycles. The van der Waals surface area contributed by atoms with E-state index in [9.17, 15) is 9.59 Å². The second kappa shape index (κ2) is 15.3. The van der Waals surface area contributed by atoms with Gasteiger partial charge in [-0.15, -0.1) is 0 Å². The van der Waals surface area contributed by atoms with Gasteiger partial charge in [0.25, 0.3) is 0 Å². The minimum Gasteiger partial charge on any atom is -0.464 e. The van der Waals surface area contributed by atoms with Gasteiger partial charge in [0.15, 0.2) is 0 Å². The molecule has 0 radical (unpaired) electrons. The van der Waals surface area contributed by atoms with E-state index in [1.54, 1.807) is 0 Å². The highest BCUT2D eigenvalue weighted by Gasteiger charge is 2.07. The maximum Gasteiger partial charge on any atom is 0.332 e. The molecule has 0 saturated carbocycles. The predicted molar refractivity (Wildman–Crippen MR) is 81.0 cm³/mol. The highest BCUT2D eigenvalue weighted by molar-refractivity contribution is 5.73. The van der Waals surface area contributed by atoms with Gasteiger partial charge in [0, 0.05) is 0 Å². The lowest BCUT2D eigenvalue weighted by Crippen LogP contribution is -2.19. The van der Waals surface area contributed by atoms with Crippen molar-refractivity contribution in [2.75, 3.05) is 26.4 Å². The molecule has 0 atom stereocenters. The molecule has 0 aromatic heterocycles. The number of esters is 2. The lowest BCUT2D eigenvalue weighted by molar-refractivity contribution is -0.155. The van der Waals surface area contributed by atoms with Gasteiger partial charge >= 0.3 is 11.9 Å². The molecule has 0 aromatic carbocycles. The summed E-state index contributed by atoms with van der Waals surface area (Å²) in [5.74, 6) is -0.859. The van der Waals surface area contributed by atoms with Gasteiger partial charge in [-0.1, -0.05) is 52.4 Å². The zero-order chi connectivity index (χ0) is 15.8. The van der Waals surface area contributed by atoms with Gasteiger partial charge in [0.2, 0.25) is 0 Å². The van der Waals surface area contributed by atoms with Crippen molar-refractivity contribution in [3.05, 3.63) is 0 Å². The Labute approximate surface area is 128 Å². The zero-order valence-corrected chi connectivity index (χ0v) is 13.5. The zero-order valence-electron chi connectivity index (χ0n) is 13.5. The van der Waals surface area contributed by atoms with Gasteiger partial charge in [-0.05, 0) is 12.8 Å². The molecule has 0 spiro atoms. The Morgan fingerprint density at radius 1 is 0.667 bits per heavy atom. The van der Waals surface area contributed by atoms with Crippen LogP contribution >= 0.6 is 0 Å². The molecule has 0 aliphatic heterocycles. The Kier molecular flexibility index (Phi) is 14.5. The molecule has 0 aromatic rings. The molecule has 0 heterocycles. The van der Waals surface area contributed by atoms with Gasteiger partial charge in [0.05, 0.1) is 13.2 Å². The van der Waals surface area contributed by atoms with Crippen LogP contribution in [0.4, 0.5) is 0 Å². The van der Waals surface area contributed by atoms with E-state index in [1.165, 1.54) is 19.3 Å². The van der Waals surface area contributed by atoms with E-state index in [4.69, 9.17) is 14.2 Å². The first-order valence-corrected chi connectivity index (χ1v) is 8.09. The first-order chi connectivity index (χ1) is 10.2. The Balaban J connectivity index is 3.34. The second-order valence-corrected chi connectivity index (χ2v) is 5.06. The standard InChI is InChI=1S/C16H30O5/c1-3-5-7-8-10-12-21-16(18)14-19-13-15(17)20-11-9-6-4-2/h3-14H2,1-2H3. The third kappa shape index (κ3) is 15.1. The predicted octanol–water partition coefficient (Wildman–Crippen LogP) is 3.25. The lowest BCUT2D eigenvalue weighted by atomic mass is 10.2. The van der Waals surface area contributed by atoms with Crippen molar-refractivity contribution in [1.29, 1.82) is 0 Å². The lowest BCUT2D eigenvalue weighted by Gasteiger charge is -2.06. The number of carbonyl (C=O) groups excluding carboxylic acids is 2. The molecule has 0 bridgehead atoms. The van der Waals surface area contributed by atoms with Gasteiger partial charge in [-0.3, -0.25) is 0 Å². The largest absolute Gasteiger partial charge is 0.464 e. The van der Waals surface area contributed by atoms with Gasteiger partial charge < -0.3 is 14.2 Å². The van der Waals surface area contributed by atoms with E-state index < -0.39 is 11.9 Å². The minimum atomic E-state index is -0.432. The summed E-state index contributed by atoms with van der Waals surface area (Å²) in [6.45, 7) is 4.69. The van der Waals surface area contributed by atoms with E-state index in [0.717, 1.165) is 32.1 Å².